The maximum absolute atomic E-state index is 12.4. The van der Waals surface area contributed by atoms with Crippen molar-refractivity contribution in [2.45, 2.75) is 23.6 Å². The lowest BCUT2D eigenvalue weighted by Crippen LogP contribution is -2.24. The van der Waals surface area contributed by atoms with Crippen LogP contribution in [0.15, 0.2) is 53.7 Å². The van der Waals surface area contributed by atoms with Crippen LogP contribution in [0.2, 0.25) is 0 Å². The number of amides is 1. The first-order chi connectivity index (χ1) is 10.8. The number of fused-ring (bicyclic) bond motifs is 1. The molecule has 2 heterocycles. The van der Waals surface area contributed by atoms with Crippen LogP contribution >= 0.6 is 23.1 Å². The van der Waals surface area contributed by atoms with E-state index in [1.54, 1.807) is 6.20 Å². The Bertz CT molecular complexity index is 740. The first-order valence-corrected chi connectivity index (χ1v) is 8.70. The molecule has 3 aromatic rings. The van der Waals surface area contributed by atoms with Gasteiger partial charge in [-0.3, -0.25) is 4.79 Å². The van der Waals surface area contributed by atoms with Crippen LogP contribution in [0.3, 0.4) is 0 Å². The quantitative estimate of drug-likeness (QED) is 0.713. The molecule has 0 radical (unpaired) electrons. The molecule has 2 aromatic heterocycles. The molecular formula is C16H15N3OS2. The first-order valence-electron chi connectivity index (χ1n) is 7.00. The van der Waals surface area contributed by atoms with Gasteiger partial charge in [-0.05, 0) is 30.7 Å². The minimum Gasteiger partial charge on any atom is -0.301 e. The number of thioether (sulfide) groups is 1. The number of para-hydroxylation sites is 1. The normalized spacial score (nSPS) is 12.2. The number of benzene rings is 1. The number of nitrogens with zero attached hydrogens (tertiary/aromatic N) is 2. The Morgan fingerprint density at radius 2 is 2.09 bits per heavy atom. The van der Waals surface area contributed by atoms with Crippen molar-refractivity contribution >= 4 is 44.4 Å². The smallest absolute Gasteiger partial charge is 0.239 e. The van der Waals surface area contributed by atoms with Crippen LogP contribution in [0.5, 0.6) is 0 Å². The van der Waals surface area contributed by atoms with Crippen LogP contribution in [-0.2, 0) is 4.79 Å². The zero-order valence-electron chi connectivity index (χ0n) is 12.0. The van der Waals surface area contributed by atoms with Gasteiger partial charge >= 0.3 is 0 Å². The Morgan fingerprint density at radius 1 is 1.27 bits per heavy atom. The molecule has 112 valence electrons. The van der Waals surface area contributed by atoms with Crippen molar-refractivity contribution in [3.05, 3.63) is 48.7 Å². The van der Waals surface area contributed by atoms with Gasteiger partial charge in [0.1, 0.15) is 0 Å². The zero-order valence-corrected chi connectivity index (χ0v) is 13.7. The Labute approximate surface area is 137 Å². The summed E-state index contributed by atoms with van der Waals surface area (Å²) in [6, 6.07) is 13.6. The fourth-order valence-electron chi connectivity index (χ4n) is 2.00. The van der Waals surface area contributed by atoms with E-state index >= 15 is 0 Å². The van der Waals surface area contributed by atoms with Crippen LogP contribution < -0.4 is 5.32 Å². The van der Waals surface area contributed by atoms with Crippen molar-refractivity contribution in [1.29, 1.82) is 0 Å². The second kappa shape index (κ2) is 6.89. The molecule has 3 rings (SSSR count). The summed E-state index contributed by atoms with van der Waals surface area (Å²) >= 11 is 2.97. The van der Waals surface area contributed by atoms with Crippen LogP contribution in [-0.4, -0.2) is 21.1 Å². The fraction of sp³-hybridized carbons (Fsp3) is 0.188. The highest BCUT2D eigenvalue weighted by Crippen LogP contribution is 2.28. The van der Waals surface area contributed by atoms with Gasteiger partial charge in [0.25, 0.3) is 0 Å². The summed E-state index contributed by atoms with van der Waals surface area (Å²) in [7, 11) is 0. The molecule has 0 fully saturated rings. The first kappa shape index (κ1) is 15.0. The van der Waals surface area contributed by atoms with Crippen molar-refractivity contribution in [3.63, 3.8) is 0 Å². The van der Waals surface area contributed by atoms with Gasteiger partial charge in [-0.1, -0.05) is 48.2 Å². The summed E-state index contributed by atoms with van der Waals surface area (Å²) in [4.78, 5) is 21.1. The number of rotatable bonds is 5. The number of aromatic nitrogens is 2. The van der Waals surface area contributed by atoms with Gasteiger partial charge in [0.2, 0.25) is 5.91 Å². The topological polar surface area (TPSA) is 54.9 Å². The summed E-state index contributed by atoms with van der Waals surface area (Å²) in [6.07, 6.45) is 2.47. The van der Waals surface area contributed by atoms with Gasteiger partial charge in [0, 0.05) is 6.20 Å². The van der Waals surface area contributed by atoms with E-state index in [1.165, 1.54) is 23.1 Å². The molecule has 6 heteroatoms. The zero-order chi connectivity index (χ0) is 15.4. The predicted molar refractivity (Wildman–Crippen MR) is 92.4 cm³/mol. The monoisotopic (exact) mass is 329 g/mol. The Balaban J connectivity index is 1.71. The van der Waals surface area contributed by atoms with Crippen molar-refractivity contribution < 1.29 is 4.79 Å². The van der Waals surface area contributed by atoms with E-state index in [0.717, 1.165) is 21.7 Å². The van der Waals surface area contributed by atoms with Gasteiger partial charge in [-0.2, -0.15) is 0 Å². The predicted octanol–water partition coefficient (Wildman–Crippen LogP) is 4.20. The van der Waals surface area contributed by atoms with Crippen molar-refractivity contribution in [1.82, 2.24) is 9.97 Å². The van der Waals surface area contributed by atoms with E-state index in [9.17, 15) is 4.79 Å². The highest BCUT2D eigenvalue weighted by Gasteiger charge is 2.19. The summed E-state index contributed by atoms with van der Waals surface area (Å²) < 4.78 is 1.07. The largest absolute Gasteiger partial charge is 0.301 e. The number of carbonyl (C=O) groups excluding carboxylic acids is 1. The molecule has 1 N–H and O–H groups in total. The number of anilines is 1. The maximum atomic E-state index is 12.4. The molecular weight excluding hydrogens is 314 g/mol. The van der Waals surface area contributed by atoms with Gasteiger partial charge in [0.15, 0.2) is 5.13 Å². The molecule has 1 atom stereocenters. The van der Waals surface area contributed by atoms with Crippen molar-refractivity contribution in [2.24, 2.45) is 0 Å². The van der Waals surface area contributed by atoms with Crippen molar-refractivity contribution in [2.75, 3.05) is 5.32 Å². The van der Waals surface area contributed by atoms with Gasteiger partial charge in [0.05, 0.1) is 20.5 Å². The third-order valence-corrected chi connectivity index (χ3v) is 5.35. The number of nitrogens with one attached hydrogen (secondary N) is 1. The Kier molecular flexibility index (Phi) is 4.70. The molecule has 1 unspecified atom stereocenters. The summed E-state index contributed by atoms with van der Waals surface area (Å²) in [5.41, 5.74) is 0.910. The molecule has 0 bridgehead atoms. The molecule has 1 aromatic carbocycles. The summed E-state index contributed by atoms with van der Waals surface area (Å²) in [5.74, 6) is -0.0304. The number of pyridine rings is 1. The van der Waals surface area contributed by atoms with E-state index in [-0.39, 0.29) is 11.2 Å². The molecule has 0 aliphatic rings. The minimum absolute atomic E-state index is 0.0304. The lowest BCUT2D eigenvalue weighted by Gasteiger charge is -2.12. The SMILES string of the molecule is CCC(Sc1ccccn1)C(=O)Nc1nc2ccccc2s1. The minimum atomic E-state index is -0.179. The number of hydrogen-bond donors (Lipinski definition) is 1. The van der Waals surface area contributed by atoms with E-state index in [1.807, 2.05) is 49.4 Å². The molecule has 0 aliphatic heterocycles. The average molecular weight is 329 g/mol. The highest BCUT2D eigenvalue weighted by molar-refractivity contribution is 8.00. The second-order valence-electron chi connectivity index (χ2n) is 4.66. The molecule has 22 heavy (non-hydrogen) atoms. The van der Waals surface area contributed by atoms with E-state index in [4.69, 9.17) is 0 Å². The van der Waals surface area contributed by atoms with E-state index in [2.05, 4.69) is 15.3 Å². The fourth-order valence-corrected chi connectivity index (χ4v) is 3.77. The number of carbonyl (C=O) groups is 1. The molecule has 4 nitrogen and oxygen atoms in total. The lowest BCUT2D eigenvalue weighted by atomic mass is 10.3. The molecule has 0 spiro atoms. The third kappa shape index (κ3) is 3.45. The number of hydrogen-bond acceptors (Lipinski definition) is 5. The van der Waals surface area contributed by atoms with Crippen LogP contribution in [0.4, 0.5) is 5.13 Å². The van der Waals surface area contributed by atoms with E-state index in [0.29, 0.717) is 5.13 Å². The summed E-state index contributed by atoms with van der Waals surface area (Å²) in [5, 5.41) is 4.24. The second-order valence-corrected chi connectivity index (χ2v) is 6.91. The molecule has 0 saturated heterocycles. The molecule has 0 saturated carbocycles. The lowest BCUT2D eigenvalue weighted by molar-refractivity contribution is -0.115. The van der Waals surface area contributed by atoms with Gasteiger partial charge in [-0.15, -0.1) is 0 Å². The average Bonchev–Trinajstić information content (AvgIpc) is 2.95. The number of thiazole rings is 1. The highest BCUT2D eigenvalue weighted by atomic mass is 32.2. The third-order valence-electron chi connectivity index (χ3n) is 3.09. The van der Waals surface area contributed by atoms with Crippen LogP contribution in [0.25, 0.3) is 10.2 Å². The van der Waals surface area contributed by atoms with Crippen molar-refractivity contribution in [3.8, 4) is 0 Å². The van der Waals surface area contributed by atoms with Crippen LogP contribution in [0.1, 0.15) is 13.3 Å². The summed E-state index contributed by atoms with van der Waals surface area (Å²) in [6.45, 7) is 2.00. The van der Waals surface area contributed by atoms with E-state index < -0.39 is 0 Å². The van der Waals surface area contributed by atoms with Gasteiger partial charge in [-0.25, -0.2) is 9.97 Å². The molecule has 1 amide bonds. The Hall–Kier alpha value is -1.92. The maximum Gasteiger partial charge on any atom is 0.239 e. The van der Waals surface area contributed by atoms with Gasteiger partial charge < -0.3 is 5.32 Å². The Morgan fingerprint density at radius 3 is 2.82 bits per heavy atom. The standard InChI is InChI=1S/C16H15N3OS2/c1-2-12(21-14-9-5-6-10-17-14)15(20)19-16-18-11-7-3-4-8-13(11)22-16/h3-10,12H,2H2,1H3,(H,18,19,20). The van der Waals surface area contributed by atoms with Crippen LogP contribution in [0, 0.1) is 0 Å². The molecule has 0 aliphatic carbocycles.